The van der Waals surface area contributed by atoms with Gasteiger partial charge in [0.25, 0.3) is 0 Å². The van der Waals surface area contributed by atoms with Gasteiger partial charge in [0, 0.05) is 11.9 Å². The molecule has 2 aromatic rings. The van der Waals surface area contributed by atoms with Crippen molar-refractivity contribution in [2.45, 2.75) is 56.8 Å². The second-order valence-corrected chi connectivity index (χ2v) is 9.45. The molecule has 0 saturated heterocycles. The molecule has 0 radical (unpaired) electrons. The molecule has 4 saturated carbocycles. The maximum Gasteiger partial charge on any atom is 0.337 e. The van der Waals surface area contributed by atoms with Crippen LogP contribution < -0.4 is 0 Å². The molecule has 4 bridgehead atoms. The lowest BCUT2D eigenvalue weighted by atomic mass is 9.42. The van der Waals surface area contributed by atoms with E-state index in [1.54, 1.807) is 11.6 Å². The first-order chi connectivity index (χ1) is 13.1. The van der Waals surface area contributed by atoms with Crippen LogP contribution in [0.2, 0.25) is 0 Å². The van der Waals surface area contributed by atoms with Gasteiger partial charge < -0.3 is 5.11 Å². The first kappa shape index (κ1) is 17.0. The van der Waals surface area contributed by atoms with Crippen LogP contribution in [0.15, 0.2) is 48.7 Å². The smallest absolute Gasteiger partial charge is 0.337 e. The summed E-state index contributed by atoms with van der Waals surface area (Å²) in [6.07, 6.45) is 11.9. The molecule has 1 heterocycles. The molecular weight excluding hydrogens is 334 g/mol. The molecule has 140 valence electrons. The molecule has 1 aromatic heterocycles. The molecule has 1 N–H and O–H groups in total. The van der Waals surface area contributed by atoms with Gasteiger partial charge >= 0.3 is 5.97 Å². The number of hydrogen-bond acceptors (Lipinski definition) is 2. The zero-order valence-electron chi connectivity index (χ0n) is 15.7. The summed E-state index contributed by atoms with van der Waals surface area (Å²) in [6.45, 7) is 0. The predicted octanol–water partition coefficient (Wildman–Crippen LogP) is 5.25. The Bertz CT molecular complexity index is 828. The van der Waals surface area contributed by atoms with E-state index in [-0.39, 0.29) is 5.56 Å². The van der Waals surface area contributed by atoms with Crippen LogP contribution in [0, 0.1) is 17.3 Å². The molecule has 0 spiro atoms. The van der Waals surface area contributed by atoms with Crippen molar-refractivity contribution < 1.29 is 9.90 Å². The Hall–Kier alpha value is -2.16. The summed E-state index contributed by atoms with van der Waals surface area (Å²) in [5.74, 6) is 0.863. The average molecular weight is 361 g/mol. The fourth-order valence-electron chi connectivity index (χ4n) is 6.97. The number of carboxylic acid groups (broad SMARTS) is 1. The van der Waals surface area contributed by atoms with Gasteiger partial charge in [-0.1, -0.05) is 30.3 Å². The van der Waals surface area contributed by atoms with E-state index in [2.05, 4.69) is 35.3 Å². The lowest BCUT2D eigenvalue weighted by molar-refractivity contribution is -0.0761. The Balaban J connectivity index is 1.37. The molecule has 4 fully saturated rings. The fourth-order valence-corrected chi connectivity index (χ4v) is 6.97. The van der Waals surface area contributed by atoms with Crippen LogP contribution in [0.3, 0.4) is 0 Å². The van der Waals surface area contributed by atoms with Crippen LogP contribution in [0.1, 0.15) is 66.6 Å². The van der Waals surface area contributed by atoms with Crippen molar-refractivity contribution in [2.75, 3.05) is 0 Å². The van der Waals surface area contributed by atoms with Crippen LogP contribution in [0.25, 0.3) is 0 Å². The van der Waals surface area contributed by atoms with Gasteiger partial charge in [-0.3, -0.25) is 4.98 Å². The molecular formula is C24H27NO2. The highest BCUT2D eigenvalue weighted by Crippen LogP contribution is 2.66. The highest BCUT2D eigenvalue weighted by atomic mass is 16.4. The number of aromatic carboxylic acids is 1. The van der Waals surface area contributed by atoms with Gasteiger partial charge in [0.1, 0.15) is 0 Å². The molecule has 3 nitrogen and oxygen atoms in total. The van der Waals surface area contributed by atoms with E-state index >= 15 is 0 Å². The largest absolute Gasteiger partial charge is 0.478 e. The SMILES string of the molecule is O=C(O)c1ccc(CCC23CC4CC(C2)CC(c2ccccc2)(C4)C3)nc1. The minimum absolute atomic E-state index is 0.275. The Kier molecular flexibility index (Phi) is 3.89. The summed E-state index contributed by atoms with van der Waals surface area (Å²) in [5, 5.41) is 9.06. The van der Waals surface area contributed by atoms with E-state index in [0.29, 0.717) is 10.8 Å². The second kappa shape index (κ2) is 6.19. The number of hydrogen-bond donors (Lipinski definition) is 1. The van der Waals surface area contributed by atoms with Gasteiger partial charge in [-0.05, 0) is 91.7 Å². The van der Waals surface area contributed by atoms with Crippen molar-refractivity contribution in [3.63, 3.8) is 0 Å². The Morgan fingerprint density at radius 2 is 1.78 bits per heavy atom. The molecule has 6 rings (SSSR count). The number of carbonyl (C=O) groups is 1. The maximum absolute atomic E-state index is 11.0. The van der Waals surface area contributed by atoms with E-state index in [9.17, 15) is 4.79 Å². The standard InChI is InChI=1S/C24H27NO2/c26-22(27)19-6-7-21(25-15-19)8-9-23-11-17-10-18(12-23)14-24(13-17,16-23)20-4-2-1-3-5-20/h1-7,15,17-18H,8-14,16H2,(H,26,27). The number of pyridine rings is 1. The molecule has 1 aromatic carbocycles. The zero-order chi connectivity index (χ0) is 18.5. The monoisotopic (exact) mass is 361 g/mol. The number of rotatable bonds is 5. The van der Waals surface area contributed by atoms with Crippen molar-refractivity contribution >= 4 is 5.97 Å². The number of aryl methyl sites for hydroxylation is 1. The highest BCUT2D eigenvalue weighted by molar-refractivity contribution is 5.87. The summed E-state index contributed by atoms with van der Waals surface area (Å²) in [7, 11) is 0. The predicted molar refractivity (Wildman–Crippen MR) is 105 cm³/mol. The quantitative estimate of drug-likeness (QED) is 0.791. The van der Waals surface area contributed by atoms with Gasteiger partial charge in [0.05, 0.1) is 5.56 Å². The first-order valence-corrected chi connectivity index (χ1v) is 10.3. The van der Waals surface area contributed by atoms with Gasteiger partial charge in [0.15, 0.2) is 0 Å². The van der Waals surface area contributed by atoms with Gasteiger partial charge in [-0.15, -0.1) is 0 Å². The van der Waals surface area contributed by atoms with Gasteiger partial charge in [0.2, 0.25) is 0 Å². The van der Waals surface area contributed by atoms with Crippen molar-refractivity contribution in [1.82, 2.24) is 4.98 Å². The summed E-state index contributed by atoms with van der Waals surface area (Å²) in [4.78, 5) is 15.4. The molecule has 27 heavy (non-hydrogen) atoms. The molecule has 0 aliphatic heterocycles. The van der Waals surface area contributed by atoms with Crippen molar-refractivity contribution in [2.24, 2.45) is 17.3 Å². The Morgan fingerprint density at radius 3 is 2.41 bits per heavy atom. The summed E-state index contributed by atoms with van der Waals surface area (Å²) in [6, 6.07) is 14.8. The number of carboxylic acids is 1. The third-order valence-electron chi connectivity index (χ3n) is 7.55. The fraction of sp³-hybridized carbons (Fsp3) is 0.500. The minimum Gasteiger partial charge on any atom is -0.478 e. The Labute approximate surface area is 160 Å². The lowest BCUT2D eigenvalue weighted by Gasteiger charge is -2.63. The lowest BCUT2D eigenvalue weighted by Crippen LogP contribution is -2.54. The molecule has 2 atom stereocenters. The maximum atomic E-state index is 11.0. The average Bonchev–Trinajstić information content (AvgIpc) is 2.66. The number of aromatic nitrogens is 1. The molecule has 2 unspecified atom stereocenters. The zero-order valence-corrected chi connectivity index (χ0v) is 15.7. The summed E-state index contributed by atoms with van der Waals surface area (Å²) < 4.78 is 0. The van der Waals surface area contributed by atoms with Crippen molar-refractivity contribution in [3.05, 3.63) is 65.5 Å². The van der Waals surface area contributed by atoms with Crippen LogP contribution in [-0.2, 0) is 11.8 Å². The number of nitrogens with zero attached hydrogens (tertiary/aromatic N) is 1. The van der Waals surface area contributed by atoms with Crippen LogP contribution in [0.4, 0.5) is 0 Å². The summed E-state index contributed by atoms with van der Waals surface area (Å²) in [5.41, 5.74) is 3.72. The van der Waals surface area contributed by atoms with E-state index in [4.69, 9.17) is 5.11 Å². The highest BCUT2D eigenvalue weighted by Gasteiger charge is 2.57. The molecule has 3 heteroatoms. The minimum atomic E-state index is -0.903. The van der Waals surface area contributed by atoms with Crippen LogP contribution in [0.5, 0.6) is 0 Å². The van der Waals surface area contributed by atoms with Gasteiger partial charge in [-0.2, -0.15) is 0 Å². The van der Waals surface area contributed by atoms with Crippen LogP contribution in [-0.4, -0.2) is 16.1 Å². The van der Waals surface area contributed by atoms with E-state index in [1.807, 2.05) is 6.07 Å². The molecule has 4 aliphatic rings. The van der Waals surface area contributed by atoms with Crippen molar-refractivity contribution in [1.29, 1.82) is 0 Å². The normalized spacial score (nSPS) is 33.9. The molecule has 0 amide bonds. The molecule has 4 aliphatic carbocycles. The first-order valence-electron chi connectivity index (χ1n) is 10.3. The van der Waals surface area contributed by atoms with Crippen LogP contribution >= 0.6 is 0 Å². The third-order valence-corrected chi connectivity index (χ3v) is 7.55. The second-order valence-electron chi connectivity index (χ2n) is 9.45. The van der Waals surface area contributed by atoms with E-state index in [0.717, 1.165) is 24.0 Å². The number of benzene rings is 1. The van der Waals surface area contributed by atoms with E-state index < -0.39 is 5.97 Å². The summed E-state index contributed by atoms with van der Waals surface area (Å²) >= 11 is 0. The third kappa shape index (κ3) is 2.97. The topological polar surface area (TPSA) is 50.2 Å². The van der Waals surface area contributed by atoms with Gasteiger partial charge in [-0.25, -0.2) is 4.79 Å². The van der Waals surface area contributed by atoms with Crippen molar-refractivity contribution in [3.8, 4) is 0 Å². The Morgan fingerprint density at radius 1 is 1.04 bits per heavy atom. The van der Waals surface area contributed by atoms with E-state index in [1.165, 1.54) is 51.1 Å².